The summed E-state index contributed by atoms with van der Waals surface area (Å²) in [7, 11) is 0. The molecule has 0 saturated carbocycles. The van der Waals surface area contributed by atoms with Crippen molar-refractivity contribution in [2.45, 2.75) is 13.0 Å². The number of hydrogen-bond donors (Lipinski definition) is 2. The van der Waals surface area contributed by atoms with Gasteiger partial charge in [0.05, 0.1) is 17.1 Å². The molecule has 2 N–H and O–H groups in total. The van der Waals surface area contributed by atoms with Crippen LogP contribution in [0.1, 0.15) is 29.1 Å². The van der Waals surface area contributed by atoms with Crippen LogP contribution in [0.25, 0.3) is 11.0 Å². The number of imidazole rings is 1. The minimum atomic E-state index is -0.208. The van der Waals surface area contributed by atoms with E-state index >= 15 is 0 Å². The molecular weight excluding hydrogens is 286 g/mol. The van der Waals surface area contributed by atoms with Gasteiger partial charge in [-0.2, -0.15) is 0 Å². The highest BCUT2D eigenvalue weighted by molar-refractivity contribution is 6.30. The molecule has 0 aliphatic heterocycles. The summed E-state index contributed by atoms with van der Waals surface area (Å²) in [4.78, 5) is 19.9. The summed E-state index contributed by atoms with van der Waals surface area (Å²) in [6.07, 6.45) is 0. The first kappa shape index (κ1) is 13.6. The van der Waals surface area contributed by atoms with E-state index in [1.54, 1.807) is 24.3 Å². The molecule has 1 atom stereocenters. The molecule has 2 aromatic carbocycles. The minimum Gasteiger partial charge on any atom is -0.342 e. The number of carbonyl (C=O) groups excluding carboxylic acids is 1. The zero-order valence-electron chi connectivity index (χ0n) is 11.4. The van der Waals surface area contributed by atoms with E-state index in [-0.39, 0.29) is 11.9 Å². The Hall–Kier alpha value is -2.33. The molecule has 5 heteroatoms. The number of aromatic amines is 1. The Balaban J connectivity index is 1.77. The van der Waals surface area contributed by atoms with Crippen LogP contribution in [0.15, 0.2) is 48.5 Å². The van der Waals surface area contributed by atoms with E-state index in [4.69, 9.17) is 11.6 Å². The molecular formula is C16H14ClN3O. The van der Waals surface area contributed by atoms with E-state index in [2.05, 4.69) is 15.3 Å². The number of nitrogens with zero attached hydrogens (tertiary/aromatic N) is 1. The third-order valence-electron chi connectivity index (χ3n) is 3.27. The van der Waals surface area contributed by atoms with E-state index in [1.165, 1.54) is 0 Å². The highest BCUT2D eigenvalue weighted by Gasteiger charge is 2.14. The summed E-state index contributed by atoms with van der Waals surface area (Å²) in [5.41, 5.74) is 2.42. The van der Waals surface area contributed by atoms with E-state index < -0.39 is 0 Å². The van der Waals surface area contributed by atoms with Crippen LogP contribution in [-0.2, 0) is 0 Å². The van der Waals surface area contributed by atoms with Gasteiger partial charge in [0, 0.05) is 10.6 Å². The van der Waals surface area contributed by atoms with Gasteiger partial charge in [-0.25, -0.2) is 4.98 Å². The fourth-order valence-corrected chi connectivity index (χ4v) is 2.25. The van der Waals surface area contributed by atoms with Crippen molar-refractivity contribution >= 4 is 28.5 Å². The Kier molecular flexibility index (Phi) is 3.62. The summed E-state index contributed by atoms with van der Waals surface area (Å²) in [6, 6.07) is 14.4. The van der Waals surface area contributed by atoms with Crippen LogP contribution < -0.4 is 5.32 Å². The zero-order valence-corrected chi connectivity index (χ0v) is 12.2. The third kappa shape index (κ3) is 2.90. The largest absolute Gasteiger partial charge is 0.342 e. The predicted octanol–water partition coefficient (Wildman–Crippen LogP) is 3.71. The molecule has 0 bridgehead atoms. The molecule has 1 heterocycles. The predicted molar refractivity (Wildman–Crippen MR) is 83.4 cm³/mol. The Morgan fingerprint density at radius 1 is 1.19 bits per heavy atom. The topological polar surface area (TPSA) is 57.8 Å². The number of rotatable bonds is 3. The number of amides is 1. The van der Waals surface area contributed by atoms with E-state index in [0.717, 1.165) is 16.9 Å². The van der Waals surface area contributed by atoms with Crippen molar-refractivity contribution in [2.24, 2.45) is 0 Å². The van der Waals surface area contributed by atoms with Crippen LogP contribution in [0.4, 0.5) is 0 Å². The normalized spacial score (nSPS) is 12.3. The lowest BCUT2D eigenvalue weighted by Gasteiger charge is -2.11. The maximum atomic E-state index is 12.2. The number of fused-ring (bicyclic) bond motifs is 1. The van der Waals surface area contributed by atoms with Crippen molar-refractivity contribution < 1.29 is 4.79 Å². The summed E-state index contributed by atoms with van der Waals surface area (Å²) in [5.74, 6) is 0.582. The van der Waals surface area contributed by atoms with Crippen LogP contribution in [-0.4, -0.2) is 15.9 Å². The van der Waals surface area contributed by atoms with Crippen molar-refractivity contribution in [1.82, 2.24) is 15.3 Å². The quantitative estimate of drug-likeness (QED) is 0.774. The SMILES string of the molecule is C[C@H](NC(=O)c1ccc(Cl)cc1)c1nc2ccccc2[nH]1. The summed E-state index contributed by atoms with van der Waals surface area (Å²) >= 11 is 5.82. The van der Waals surface area contributed by atoms with Gasteiger partial charge in [0.1, 0.15) is 5.82 Å². The van der Waals surface area contributed by atoms with Crippen LogP contribution in [0.3, 0.4) is 0 Å². The van der Waals surface area contributed by atoms with Gasteiger partial charge < -0.3 is 10.3 Å². The Morgan fingerprint density at radius 2 is 1.90 bits per heavy atom. The lowest BCUT2D eigenvalue weighted by Crippen LogP contribution is -2.27. The van der Waals surface area contributed by atoms with Gasteiger partial charge in [0.2, 0.25) is 0 Å². The second-order valence-corrected chi connectivity index (χ2v) is 5.28. The van der Waals surface area contributed by atoms with E-state index in [1.807, 2.05) is 31.2 Å². The smallest absolute Gasteiger partial charge is 0.251 e. The van der Waals surface area contributed by atoms with Gasteiger partial charge in [0.15, 0.2) is 0 Å². The fraction of sp³-hybridized carbons (Fsp3) is 0.125. The molecule has 0 saturated heterocycles. The van der Waals surface area contributed by atoms with Gasteiger partial charge in [-0.05, 0) is 43.3 Å². The first-order chi connectivity index (χ1) is 10.1. The second kappa shape index (κ2) is 5.58. The average molecular weight is 300 g/mol. The molecule has 0 fully saturated rings. The van der Waals surface area contributed by atoms with Crippen LogP contribution in [0.5, 0.6) is 0 Å². The number of carbonyl (C=O) groups is 1. The zero-order chi connectivity index (χ0) is 14.8. The molecule has 1 amide bonds. The highest BCUT2D eigenvalue weighted by atomic mass is 35.5. The molecule has 1 aromatic heterocycles. The van der Waals surface area contributed by atoms with Crippen molar-refractivity contribution in [3.05, 3.63) is 64.9 Å². The van der Waals surface area contributed by atoms with Crippen LogP contribution >= 0.6 is 11.6 Å². The average Bonchev–Trinajstić information content (AvgIpc) is 2.92. The van der Waals surface area contributed by atoms with Crippen molar-refractivity contribution in [2.75, 3.05) is 0 Å². The number of para-hydroxylation sites is 2. The van der Waals surface area contributed by atoms with Gasteiger partial charge in [-0.1, -0.05) is 23.7 Å². The number of hydrogen-bond acceptors (Lipinski definition) is 2. The number of aromatic nitrogens is 2. The van der Waals surface area contributed by atoms with Gasteiger partial charge in [0.25, 0.3) is 5.91 Å². The van der Waals surface area contributed by atoms with E-state index in [9.17, 15) is 4.79 Å². The number of halogens is 1. The first-order valence-electron chi connectivity index (χ1n) is 6.64. The van der Waals surface area contributed by atoms with Crippen LogP contribution in [0, 0.1) is 0 Å². The molecule has 4 nitrogen and oxygen atoms in total. The highest BCUT2D eigenvalue weighted by Crippen LogP contribution is 2.16. The molecule has 0 unspecified atom stereocenters. The molecule has 21 heavy (non-hydrogen) atoms. The second-order valence-electron chi connectivity index (χ2n) is 4.84. The number of H-pyrrole nitrogens is 1. The third-order valence-corrected chi connectivity index (χ3v) is 3.52. The molecule has 0 radical (unpaired) electrons. The Labute approximate surface area is 127 Å². The van der Waals surface area contributed by atoms with Gasteiger partial charge >= 0.3 is 0 Å². The molecule has 106 valence electrons. The maximum absolute atomic E-state index is 12.2. The number of benzene rings is 2. The van der Waals surface area contributed by atoms with Gasteiger partial charge in [-0.15, -0.1) is 0 Å². The van der Waals surface area contributed by atoms with Crippen molar-refractivity contribution in [1.29, 1.82) is 0 Å². The minimum absolute atomic E-state index is 0.153. The van der Waals surface area contributed by atoms with Crippen molar-refractivity contribution in [3.63, 3.8) is 0 Å². The lowest BCUT2D eigenvalue weighted by molar-refractivity contribution is 0.0938. The van der Waals surface area contributed by atoms with Crippen LogP contribution in [0.2, 0.25) is 5.02 Å². The standard InChI is InChI=1S/C16H14ClN3O/c1-10(15-19-13-4-2-3-5-14(13)20-15)18-16(21)11-6-8-12(17)9-7-11/h2-10H,1H3,(H,18,21)(H,19,20)/t10-/m0/s1. The Morgan fingerprint density at radius 3 is 2.62 bits per heavy atom. The fourth-order valence-electron chi connectivity index (χ4n) is 2.13. The summed E-state index contributed by atoms with van der Waals surface area (Å²) in [6.45, 7) is 1.89. The molecule has 0 aliphatic carbocycles. The molecule has 3 rings (SSSR count). The van der Waals surface area contributed by atoms with Crippen molar-refractivity contribution in [3.8, 4) is 0 Å². The molecule has 0 spiro atoms. The first-order valence-corrected chi connectivity index (χ1v) is 7.02. The molecule has 3 aromatic rings. The summed E-state index contributed by atoms with van der Waals surface area (Å²) in [5, 5.41) is 3.53. The maximum Gasteiger partial charge on any atom is 0.251 e. The summed E-state index contributed by atoms with van der Waals surface area (Å²) < 4.78 is 0. The lowest BCUT2D eigenvalue weighted by atomic mass is 10.2. The van der Waals surface area contributed by atoms with Gasteiger partial charge in [-0.3, -0.25) is 4.79 Å². The Bertz CT molecular complexity index is 747. The van der Waals surface area contributed by atoms with E-state index in [0.29, 0.717) is 10.6 Å². The monoisotopic (exact) mass is 299 g/mol. The molecule has 0 aliphatic rings. The number of nitrogens with one attached hydrogen (secondary N) is 2.